The van der Waals surface area contributed by atoms with Crippen molar-refractivity contribution in [2.45, 2.75) is 44.1 Å². The molecule has 0 spiro atoms. The van der Waals surface area contributed by atoms with Crippen LogP contribution in [0.3, 0.4) is 0 Å². The van der Waals surface area contributed by atoms with Crippen molar-refractivity contribution in [3.8, 4) is 0 Å². The lowest BCUT2D eigenvalue weighted by molar-refractivity contribution is -0.121. The standard InChI is InChI=1S/C17H28N6O/c1-18-17(19-8-3-4-16(24)21-15-5-6-15)23-9-7-13(12-23)14-10-20-22(2)11-14/h10-11,13,15H,3-9,12H2,1-2H3,(H,18,19)(H,21,24). The summed E-state index contributed by atoms with van der Waals surface area (Å²) in [5, 5.41) is 10.7. The number of rotatable bonds is 6. The molecule has 1 aliphatic heterocycles. The average molecular weight is 332 g/mol. The molecular formula is C17H28N6O. The number of hydrogen-bond acceptors (Lipinski definition) is 3. The molecular weight excluding hydrogens is 304 g/mol. The van der Waals surface area contributed by atoms with Gasteiger partial charge in [-0.1, -0.05) is 0 Å². The van der Waals surface area contributed by atoms with E-state index in [4.69, 9.17) is 0 Å². The third kappa shape index (κ3) is 4.49. The summed E-state index contributed by atoms with van der Waals surface area (Å²) in [6, 6.07) is 0.451. The van der Waals surface area contributed by atoms with Gasteiger partial charge in [0, 0.05) is 58.3 Å². The molecule has 1 aliphatic carbocycles. The predicted octanol–water partition coefficient (Wildman–Crippen LogP) is 0.844. The summed E-state index contributed by atoms with van der Waals surface area (Å²) in [6.07, 6.45) is 8.88. The molecule has 24 heavy (non-hydrogen) atoms. The second-order valence-electron chi connectivity index (χ2n) is 6.80. The van der Waals surface area contributed by atoms with Gasteiger partial charge in [0.2, 0.25) is 5.91 Å². The molecule has 0 bridgehead atoms. The van der Waals surface area contributed by atoms with Crippen LogP contribution in [-0.2, 0) is 11.8 Å². The minimum Gasteiger partial charge on any atom is -0.356 e. The van der Waals surface area contributed by atoms with Gasteiger partial charge >= 0.3 is 0 Å². The molecule has 0 aromatic carbocycles. The number of amides is 1. The van der Waals surface area contributed by atoms with Gasteiger partial charge in [-0.05, 0) is 31.2 Å². The number of likely N-dealkylation sites (tertiary alicyclic amines) is 1. The van der Waals surface area contributed by atoms with E-state index in [2.05, 4.69) is 31.8 Å². The van der Waals surface area contributed by atoms with Crippen molar-refractivity contribution < 1.29 is 4.79 Å². The lowest BCUT2D eigenvalue weighted by Gasteiger charge is -2.21. The number of carbonyl (C=O) groups excluding carboxylic acids is 1. The van der Waals surface area contributed by atoms with E-state index in [0.29, 0.717) is 18.4 Å². The Hall–Kier alpha value is -2.05. The molecule has 1 saturated carbocycles. The van der Waals surface area contributed by atoms with Crippen LogP contribution in [0, 0.1) is 0 Å². The maximum absolute atomic E-state index is 11.7. The molecule has 1 atom stereocenters. The van der Waals surface area contributed by atoms with E-state index >= 15 is 0 Å². The van der Waals surface area contributed by atoms with Crippen LogP contribution in [0.25, 0.3) is 0 Å². The van der Waals surface area contributed by atoms with Crippen LogP contribution in [-0.4, -0.2) is 59.3 Å². The number of aliphatic imine (C=N–C) groups is 1. The molecule has 1 aromatic rings. The van der Waals surface area contributed by atoms with Gasteiger partial charge in [0.25, 0.3) is 0 Å². The van der Waals surface area contributed by atoms with E-state index in [1.54, 1.807) is 0 Å². The van der Waals surface area contributed by atoms with E-state index in [1.807, 2.05) is 25.0 Å². The van der Waals surface area contributed by atoms with Gasteiger partial charge in [0.1, 0.15) is 0 Å². The Morgan fingerprint density at radius 2 is 2.25 bits per heavy atom. The maximum atomic E-state index is 11.7. The molecule has 7 heteroatoms. The Balaban J connectivity index is 1.39. The van der Waals surface area contributed by atoms with Crippen molar-refractivity contribution in [3.63, 3.8) is 0 Å². The van der Waals surface area contributed by atoms with Crippen molar-refractivity contribution in [2.75, 3.05) is 26.7 Å². The summed E-state index contributed by atoms with van der Waals surface area (Å²) in [5.74, 6) is 1.62. The highest BCUT2D eigenvalue weighted by Crippen LogP contribution is 2.26. The summed E-state index contributed by atoms with van der Waals surface area (Å²) in [6.45, 7) is 2.74. The Kier molecular flexibility index (Phi) is 5.37. The van der Waals surface area contributed by atoms with Crippen molar-refractivity contribution >= 4 is 11.9 Å². The highest BCUT2D eigenvalue weighted by Gasteiger charge is 2.27. The van der Waals surface area contributed by atoms with E-state index in [0.717, 1.165) is 51.3 Å². The highest BCUT2D eigenvalue weighted by molar-refractivity contribution is 5.80. The van der Waals surface area contributed by atoms with Crippen molar-refractivity contribution in [3.05, 3.63) is 18.0 Å². The molecule has 1 amide bonds. The Bertz CT molecular complexity index is 592. The van der Waals surface area contributed by atoms with Gasteiger partial charge in [0.15, 0.2) is 5.96 Å². The highest BCUT2D eigenvalue weighted by atomic mass is 16.1. The molecule has 3 rings (SSSR count). The zero-order valence-corrected chi connectivity index (χ0v) is 14.7. The van der Waals surface area contributed by atoms with Gasteiger partial charge < -0.3 is 15.5 Å². The van der Waals surface area contributed by atoms with Gasteiger partial charge in [-0.3, -0.25) is 14.5 Å². The largest absolute Gasteiger partial charge is 0.356 e. The van der Waals surface area contributed by atoms with Crippen LogP contribution in [0.2, 0.25) is 0 Å². The first-order chi connectivity index (χ1) is 11.7. The molecule has 2 N–H and O–H groups in total. The zero-order chi connectivity index (χ0) is 16.9. The maximum Gasteiger partial charge on any atom is 0.220 e. The molecule has 2 aliphatic rings. The van der Waals surface area contributed by atoms with Crippen molar-refractivity contribution in [1.29, 1.82) is 0 Å². The second-order valence-corrected chi connectivity index (χ2v) is 6.80. The van der Waals surface area contributed by atoms with Gasteiger partial charge in [-0.15, -0.1) is 0 Å². The summed E-state index contributed by atoms with van der Waals surface area (Å²) in [7, 11) is 3.77. The van der Waals surface area contributed by atoms with Crippen LogP contribution in [0.15, 0.2) is 17.4 Å². The fraction of sp³-hybridized carbons (Fsp3) is 0.706. The number of aryl methyl sites for hydroxylation is 1. The van der Waals surface area contributed by atoms with Gasteiger partial charge in [-0.2, -0.15) is 5.10 Å². The molecule has 7 nitrogen and oxygen atoms in total. The van der Waals surface area contributed by atoms with Crippen molar-refractivity contribution in [1.82, 2.24) is 25.3 Å². The van der Waals surface area contributed by atoms with Gasteiger partial charge in [-0.25, -0.2) is 0 Å². The summed E-state index contributed by atoms with van der Waals surface area (Å²) in [4.78, 5) is 18.4. The summed E-state index contributed by atoms with van der Waals surface area (Å²) < 4.78 is 1.86. The number of aromatic nitrogens is 2. The summed E-state index contributed by atoms with van der Waals surface area (Å²) >= 11 is 0. The smallest absolute Gasteiger partial charge is 0.220 e. The molecule has 1 aromatic heterocycles. The van der Waals surface area contributed by atoms with Gasteiger partial charge in [0.05, 0.1) is 6.20 Å². The van der Waals surface area contributed by atoms with E-state index < -0.39 is 0 Å². The Morgan fingerprint density at radius 1 is 1.42 bits per heavy atom. The minimum atomic E-state index is 0.173. The fourth-order valence-electron chi connectivity index (χ4n) is 3.18. The quantitative estimate of drug-likeness (QED) is 0.460. The second kappa shape index (κ2) is 7.68. The van der Waals surface area contributed by atoms with Crippen LogP contribution in [0.5, 0.6) is 0 Å². The van der Waals surface area contributed by atoms with Crippen molar-refractivity contribution in [2.24, 2.45) is 12.0 Å². The SMILES string of the molecule is CN=C(NCCCC(=O)NC1CC1)N1CCC(c2cnn(C)c2)C1. The monoisotopic (exact) mass is 332 g/mol. The van der Waals surface area contributed by atoms with E-state index in [-0.39, 0.29) is 5.91 Å². The fourth-order valence-corrected chi connectivity index (χ4v) is 3.18. The normalized spacial score (nSPS) is 21.2. The number of guanidine groups is 1. The Morgan fingerprint density at radius 3 is 2.92 bits per heavy atom. The number of hydrogen-bond donors (Lipinski definition) is 2. The first-order valence-electron chi connectivity index (χ1n) is 8.89. The average Bonchev–Trinajstić information content (AvgIpc) is 3.07. The van der Waals surface area contributed by atoms with E-state index in [1.165, 1.54) is 5.56 Å². The van der Waals surface area contributed by atoms with Crippen LogP contribution >= 0.6 is 0 Å². The molecule has 1 saturated heterocycles. The molecule has 0 radical (unpaired) electrons. The van der Waals surface area contributed by atoms with Crippen LogP contribution in [0.4, 0.5) is 0 Å². The molecule has 1 unspecified atom stereocenters. The number of carbonyl (C=O) groups is 1. The number of nitrogens with one attached hydrogen (secondary N) is 2. The zero-order valence-electron chi connectivity index (χ0n) is 14.7. The first kappa shape index (κ1) is 16.8. The van der Waals surface area contributed by atoms with Crippen LogP contribution in [0.1, 0.15) is 43.6 Å². The third-order valence-corrected chi connectivity index (χ3v) is 4.70. The summed E-state index contributed by atoms with van der Waals surface area (Å²) in [5.41, 5.74) is 1.30. The molecule has 2 fully saturated rings. The first-order valence-corrected chi connectivity index (χ1v) is 8.89. The molecule has 132 valence electrons. The van der Waals surface area contributed by atoms with E-state index in [9.17, 15) is 4.79 Å². The predicted molar refractivity (Wildman–Crippen MR) is 93.9 cm³/mol. The lowest BCUT2D eigenvalue weighted by atomic mass is 10.0. The van der Waals surface area contributed by atoms with Crippen LogP contribution < -0.4 is 10.6 Å². The Labute approximate surface area is 143 Å². The lowest BCUT2D eigenvalue weighted by Crippen LogP contribution is -2.40. The molecule has 2 heterocycles. The minimum absolute atomic E-state index is 0.173. The third-order valence-electron chi connectivity index (χ3n) is 4.70. The number of nitrogens with zero attached hydrogens (tertiary/aromatic N) is 4. The topological polar surface area (TPSA) is 74.6 Å².